The van der Waals surface area contributed by atoms with Gasteiger partial charge >= 0.3 is 0 Å². The molecule has 288 valence electrons. The largest absolute Gasteiger partial charge is 0.314 e. The Kier molecular flexibility index (Phi) is 8.24. The molecule has 1 atom stereocenters. The second-order valence-corrected chi connectivity index (χ2v) is 16.3. The van der Waals surface area contributed by atoms with Gasteiger partial charge in [0.15, 0.2) is 0 Å². The molecule has 0 fully saturated rings. The highest BCUT2D eigenvalue weighted by Crippen LogP contribution is 2.65. The molecule has 0 bridgehead atoms. The van der Waals surface area contributed by atoms with Gasteiger partial charge in [-0.1, -0.05) is 170 Å². The number of hydrogen-bond donors (Lipinski definition) is 0. The van der Waals surface area contributed by atoms with Crippen molar-refractivity contribution >= 4 is 44.8 Å². The summed E-state index contributed by atoms with van der Waals surface area (Å²) in [5.74, 6) is 0. The summed E-state index contributed by atoms with van der Waals surface area (Å²) in [5.41, 5.74) is 19.7. The molecular weight excluding hydrogens is 737 g/mol. The molecule has 0 radical (unpaired) electrons. The SMILES string of the molecule is C1=C(N(c2ccccc2)c2cccc3ccccc23)CCC2=C1C1(c3ccccc32)c2ccccc2-c2cc(-c3ccccc3)c(N(c3ccccc3)c3ccccc3)cc21. The predicted octanol–water partition coefficient (Wildman–Crippen LogP) is 15.6. The molecule has 2 nitrogen and oxygen atoms in total. The molecule has 12 rings (SSSR count). The van der Waals surface area contributed by atoms with Crippen LogP contribution < -0.4 is 9.80 Å². The van der Waals surface area contributed by atoms with Gasteiger partial charge in [-0.15, -0.1) is 0 Å². The summed E-state index contributed by atoms with van der Waals surface area (Å²) in [6.45, 7) is 0. The Hall–Kier alpha value is -7.68. The first-order chi connectivity index (χ1) is 30.3. The van der Waals surface area contributed by atoms with Crippen LogP contribution >= 0.6 is 0 Å². The maximum atomic E-state index is 2.58. The summed E-state index contributed by atoms with van der Waals surface area (Å²) in [7, 11) is 0. The van der Waals surface area contributed by atoms with Crippen molar-refractivity contribution in [2.24, 2.45) is 0 Å². The van der Waals surface area contributed by atoms with E-state index in [9.17, 15) is 0 Å². The highest BCUT2D eigenvalue weighted by molar-refractivity contribution is 6.02. The third-order valence-electron chi connectivity index (χ3n) is 13.2. The van der Waals surface area contributed by atoms with Crippen LogP contribution in [-0.4, -0.2) is 0 Å². The zero-order chi connectivity index (χ0) is 40.3. The van der Waals surface area contributed by atoms with Gasteiger partial charge in [0, 0.05) is 33.7 Å². The first-order valence-electron chi connectivity index (χ1n) is 21.4. The lowest BCUT2D eigenvalue weighted by Gasteiger charge is -2.36. The summed E-state index contributed by atoms with van der Waals surface area (Å²) in [5, 5.41) is 2.49. The Bertz CT molecular complexity index is 3140. The number of hydrogen-bond acceptors (Lipinski definition) is 2. The minimum atomic E-state index is -0.534. The van der Waals surface area contributed by atoms with Crippen molar-refractivity contribution in [1.82, 2.24) is 0 Å². The van der Waals surface area contributed by atoms with Gasteiger partial charge < -0.3 is 9.80 Å². The Morgan fingerprint density at radius 1 is 0.361 bits per heavy atom. The van der Waals surface area contributed by atoms with Crippen molar-refractivity contribution in [2.75, 3.05) is 9.80 Å². The third-order valence-corrected chi connectivity index (χ3v) is 13.2. The van der Waals surface area contributed by atoms with E-state index in [1.54, 1.807) is 0 Å². The highest BCUT2D eigenvalue weighted by Gasteiger charge is 2.53. The highest BCUT2D eigenvalue weighted by atomic mass is 15.2. The van der Waals surface area contributed by atoms with E-state index >= 15 is 0 Å². The molecule has 3 aliphatic rings. The van der Waals surface area contributed by atoms with Crippen LogP contribution in [0.3, 0.4) is 0 Å². The number of nitrogens with zero attached hydrogens (tertiary/aromatic N) is 2. The van der Waals surface area contributed by atoms with E-state index in [4.69, 9.17) is 0 Å². The molecule has 1 unspecified atom stereocenters. The van der Waals surface area contributed by atoms with Crippen molar-refractivity contribution < 1.29 is 0 Å². The van der Waals surface area contributed by atoms with Gasteiger partial charge in [-0.25, -0.2) is 0 Å². The van der Waals surface area contributed by atoms with Crippen LogP contribution in [0.4, 0.5) is 28.4 Å². The first-order valence-corrected chi connectivity index (χ1v) is 21.4. The van der Waals surface area contributed by atoms with E-state index in [1.807, 2.05) is 0 Å². The van der Waals surface area contributed by atoms with Crippen molar-refractivity contribution in [3.8, 4) is 22.3 Å². The molecule has 0 saturated carbocycles. The number of fused-ring (bicyclic) bond motifs is 10. The Labute approximate surface area is 357 Å². The number of anilines is 5. The standard InChI is InChI=1S/C59H42N2/c1-5-20-42(21-6-1)51-39-52-49-32-16-18-34-54(49)59(56(52)40-58(51)60(43-24-7-2-8-25-43)44-26-9-3-10-27-44)53-33-17-15-31-48(53)50-37-36-46(38-55(50)59)61(45-28-11-4-12-29-45)57-35-19-23-41-22-13-14-30-47(41)57/h1-35,38-40H,36-37H2. The molecule has 61 heavy (non-hydrogen) atoms. The summed E-state index contributed by atoms with van der Waals surface area (Å²) >= 11 is 0. The molecule has 0 aromatic heterocycles. The zero-order valence-corrected chi connectivity index (χ0v) is 33.7. The lowest BCUT2D eigenvalue weighted by Crippen LogP contribution is -2.29. The maximum absolute atomic E-state index is 2.58. The molecule has 2 heteroatoms. The van der Waals surface area contributed by atoms with Gasteiger partial charge in [0.25, 0.3) is 0 Å². The predicted molar refractivity (Wildman–Crippen MR) is 255 cm³/mol. The van der Waals surface area contributed by atoms with Crippen LogP contribution in [0.25, 0.3) is 38.6 Å². The fourth-order valence-corrected chi connectivity index (χ4v) is 10.7. The summed E-state index contributed by atoms with van der Waals surface area (Å²) in [4.78, 5) is 4.98. The number of benzene rings is 9. The molecule has 0 aliphatic heterocycles. The smallest absolute Gasteiger partial charge is 0.0723 e. The Balaban J connectivity index is 1.16. The molecule has 1 spiro atoms. The molecule has 0 amide bonds. The van der Waals surface area contributed by atoms with E-state index in [0.29, 0.717) is 0 Å². The average molecular weight is 779 g/mol. The molecular formula is C59H42N2. The second-order valence-electron chi connectivity index (χ2n) is 16.3. The quantitative estimate of drug-likeness (QED) is 0.159. The van der Waals surface area contributed by atoms with Crippen molar-refractivity contribution in [3.05, 3.63) is 264 Å². The fourth-order valence-electron chi connectivity index (χ4n) is 10.7. The fraction of sp³-hybridized carbons (Fsp3) is 0.0508. The van der Waals surface area contributed by atoms with Gasteiger partial charge in [0.2, 0.25) is 0 Å². The number of rotatable bonds is 7. The Morgan fingerprint density at radius 3 is 1.59 bits per heavy atom. The molecule has 9 aromatic carbocycles. The summed E-state index contributed by atoms with van der Waals surface area (Å²) in [6.07, 6.45) is 4.45. The lowest BCUT2D eigenvalue weighted by molar-refractivity contribution is 0.773. The second kappa shape index (κ2) is 14.3. The zero-order valence-electron chi connectivity index (χ0n) is 33.7. The minimum Gasteiger partial charge on any atom is -0.314 e. The lowest BCUT2D eigenvalue weighted by atomic mass is 9.68. The van der Waals surface area contributed by atoms with Crippen molar-refractivity contribution in [2.45, 2.75) is 18.3 Å². The molecule has 0 N–H and O–H groups in total. The van der Waals surface area contributed by atoms with Gasteiger partial charge in [-0.3, -0.25) is 0 Å². The van der Waals surface area contributed by atoms with E-state index in [2.05, 4.69) is 240 Å². The monoisotopic (exact) mass is 778 g/mol. The number of para-hydroxylation sites is 3. The number of allylic oxidation sites excluding steroid dienone is 4. The molecule has 3 aliphatic carbocycles. The van der Waals surface area contributed by atoms with E-state index < -0.39 is 5.41 Å². The van der Waals surface area contributed by atoms with Gasteiger partial charge in [-0.2, -0.15) is 0 Å². The summed E-state index contributed by atoms with van der Waals surface area (Å²) < 4.78 is 0. The van der Waals surface area contributed by atoms with Crippen LogP contribution in [0.1, 0.15) is 35.1 Å². The van der Waals surface area contributed by atoms with Crippen molar-refractivity contribution in [3.63, 3.8) is 0 Å². The van der Waals surface area contributed by atoms with Crippen LogP contribution in [-0.2, 0) is 5.41 Å². The topological polar surface area (TPSA) is 6.48 Å². The molecule has 0 heterocycles. The Morgan fingerprint density at radius 2 is 0.902 bits per heavy atom. The van der Waals surface area contributed by atoms with Gasteiger partial charge in [-0.05, 0) is 129 Å². The molecule has 9 aromatic rings. The average Bonchev–Trinajstić information content (AvgIpc) is 3.79. The molecule has 0 saturated heterocycles. The van der Waals surface area contributed by atoms with Crippen LogP contribution in [0.5, 0.6) is 0 Å². The summed E-state index contributed by atoms with van der Waals surface area (Å²) in [6, 6.07) is 82.6. The van der Waals surface area contributed by atoms with Crippen LogP contribution in [0.2, 0.25) is 0 Å². The van der Waals surface area contributed by atoms with Gasteiger partial charge in [0.1, 0.15) is 0 Å². The van der Waals surface area contributed by atoms with Crippen LogP contribution in [0, 0.1) is 0 Å². The minimum absolute atomic E-state index is 0.534. The first kappa shape index (κ1) is 35.3. The van der Waals surface area contributed by atoms with Gasteiger partial charge in [0.05, 0.1) is 16.8 Å². The normalized spacial score (nSPS) is 15.8. The van der Waals surface area contributed by atoms with E-state index in [-0.39, 0.29) is 0 Å². The third kappa shape index (κ3) is 5.42. The van der Waals surface area contributed by atoms with Crippen LogP contribution in [0.15, 0.2) is 242 Å². The maximum Gasteiger partial charge on any atom is 0.0723 e. The van der Waals surface area contributed by atoms with Crippen molar-refractivity contribution in [1.29, 1.82) is 0 Å². The van der Waals surface area contributed by atoms with E-state index in [0.717, 1.165) is 29.9 Å². The van der Waals surface area contributed by atoms with E-state index in [1.165, 1.54) is 83.5 Å².